The number of hydrogen-bond acceptors (Lipinski definition) is 6. The van der Waals surface area contributed by atoms with Gasteiger partial charge in [0.05, 0.1) is 6.04 Å². The summed E-state index contributed by atoms with van der Waals surface area (Å²) >= 11 is 0. The van der Waals surface area contributed by atoms with Crippen LogP contribution in [0.15, 0.2) is 121 Å². The van der Waals surface area contributed by atoms with E-state index in [4.69, 9.17) is 14.2 Å². The van der Waals surface area contributed by atoms with E-state index in [1.165, 1.54) is 0 Å². The molecule has 7 heteroatoms. The van der Waals surface area contributed by atoms with Crippen molar-refractivity contribution in [2.75, 3.05) is 0 Å². The number of alkyl carbamates (subject to hydrolysis) is 1. The fraction of sp³-hybridized carbons (Fsp3) is 0.156. The molecular weight excluding hydrogens is 494 g/mol. The van der Waals surface area contributed by atoms with Gasteiger partial charge in [0.1, 0.15) is 19.8 Å². The third-order valence-electron chi connectivity index (χ3n) is 5.93. The van der Waals surface area contributed by atoms with E-state index in [0.717, 1.165) is 16.7 Å². The zero-order valence-electron chi connectivity index (χ0n) is 21.3. The molecule has 198 valence electrons. The summed E-state index contributed by atoms with van der Waals surface area (Å²) < 4.78 is 16.5. The van der Waals surface area contributed by atoms with Crippen molar-refractivity contribution in [1.82, 2.24) is 5.32 Å². The molecule has 7 nitrogen and oxygen atoms in total. The van der Waals surface area contributed by atoms with Crippen molar-refractivity contribution in [2.24, 2.45) is 5.92 Å². The summed E-state index contributed by atoms with van der Waals surface area (Å²) in [5.41, 5.74) is 2.83. The lowest BCUT2D eigenvalue weighted by molar-refractivity contribution is -0.165. The standard InChI is InChI=1S/C32H29NO6/c34-30(37-21-24-13-5-1-6-14-24)28(31(35)38-22-25-15-7-2-8-16-25)29(27-19-11-4-12-20-27)33-32(36)39-23-26-17-9-3-10-18-26/h1-20,28-29H,21-23H2,(H,33,36). The van der Waals surface area contributed by atoms with E-state index in [1.807, 2.05) is 91.0 Å². The Balaban J connectivity index is 1.56. The minimum absolute atomic E-state index is 0.0236. The van der Waals surface area contributed by atoms with E-state index < -0.39 is 30.0 Å². The highest BCUT2D eigenvalue weighted by atomic mass is 16.6. The van der Waals surface area contributed by atoms with Crippen LogP contribution in [0, 0.1) is 5.92 Å². The number of amides is 1. The fourth-order valence-corrected chi connectivity index (χ4v) is 3.92. The second-order valence-corrected chi connectivity index (χ2v) is 8.76. The SMILES string of the molecule is O=C(NC(c1ccccc1)C(C(=O)OCc1ccccc1)C(=O)OCc1ccccc1)OCc1ccccc1. The van der Waals surface area contributed by atoms with Gasteiger partial charge in [-0.25, -0.2) is 4.79 Å². The maximum Gasteiger partial charge on any atom is 0.407 e. The molecule has 4 aromatic rings. The van der Waals surface area contributed by atoms with E-state index in [0.29, 0.717) is 5.56 Å². The summed E-state index contributed by atoms with van der Waals surface area (Å²) in [4.78, 5) is 39.7. The Bertz CT molecular complexity index is 1270. The summed E-state index contributed by atoms with van der Waals surface area (Å²) in [6.07, 6.45) is -0.788. The van der Waals surface area contributed by atoms with Crippen molar-refractivity contribution in [3.63, 3.8) is 0 Å². The number of rotatable bonds is 11. The maximum absolute atomic E-state index is 13.4. The molecule has 4 aromatic carbocycles. The van der Waals surface area contributed by atoms with Crippen molar-refractivity contribution in [3.8, 4) is 0 Å². The molecule has 0 saturated carbocycles. The first-order valence-electron chi connectivity index (χ1n) is 12.5. The zero-order valence-corrected chi connectivity index (χ0v) is 21.3. The first-order valence-corrected chi connectivity index (χ1v) is 12.5. The Kier molecular flexibility index (Phi) is 9.84. The first-order chi connectivity index (χ1) is 19.1. The largest absolute Gasteiger partial charge is 0.460 e. The summed E-state index contributed by atoms with van der Waals surface area (Å²) in [5, 5.41) is 2.70. The molecule has 0 aromatic heterocycles. The average molecular weight is 524 g/mol. The number of benzene rings is 4. The highest BCUT2D eigenvalue weighted by Gasteiger charge is 2.40. The number of nitrogens with one attached hydrogen (secondary N) is 1. The third kappa shape index (κ3) is 8.30. The van der Waals surface area contributed by atoms with Crippen molar-refractivity contribution >= 4 is 18.0 Å². The first kappa shape index (κ1) is 27.1. The second-order valence-electron chi connectivity index (χ2n) is 8.76. The molecule has 1 amide bonds. The molecule has 0 aliphatic rings. The number of carbonyl (C=O) groups excluding carboxylic acids is 3. The Morgan fingerprint density at radius 1 is 0.513 bits per heavy atom. The highest BCUT2D eigenvalue weighted by molar-refractivity contribution is 5.96. The number of ether oxygens (including phenoxy) is 3. The molecule has 1 atom stereocenters. The molecule has 0 bridgehead atoms. The van der Waals surface area contributed by atoms with Crippen LogP contribution in [0.2, 0.25) is 0 Å². The normalized spacial score (nSPS) is 11.3. The minimum Gasteiger partial charge on any atom is -0.460 e. The Hall–Kier alpha value is -4.91. The lowest BCUT2D eigenvalue weighted by atomic mass is 9.93. The van der Waals surface area contributed by atoms with Gasteiger partial charge in [-0.3, -0.25) is 9.59 Å². The van der Waals surface area contributed by atoms with Gasteiger partial charge in [-0.15, -0.1) is 0 Å². The molecule has 0 radical (unpaired) electrons. The van der Waals surface area contributed by atoms with Gasteiger partial charge in [0.25, 0.3) is 0 Å². The molecular formula is C32H29NO6. The van der Waals surface area contributed by atoms with Gasteiger partial charge in [0.15, 0.2) is 5.92 Å². The van der Waals surface area contributed by atoms with Crippen molar-refractivity contribution < 1.29 is 28.6 Å². The topological polar surface area (TPSA) is 90.9 Å². The van der Waals surface area contributed by atoms with Gasteiger partial charge in [-0.2, -0.15) is 0 Å². The zero-order chi connectivity index (χ0) is 27.3. The lowest BCUT2D eigenvalue weighted by Gasteiger charge is -2.26. The highest BCUT2D eigenvalue weighted by Crippen LogP contribution is 2.26. The van der Waals surface area contributed by atoms with Crippen LogP contribution in [0.3, 0.4) is 0 Å². The second kappa shape index (κ2) is 14.1. The summed E-state index contributed by atoms with van der Waals surface area (Å²) in [5.74, 6) is -3.13. The van der Waals surface area contributed by atoms with Gasteiger partial charge >= 0.3 is 18.0 Å². The van der Waals surface area contributed by atoms with Crippen LogP contribution in [0.4, 0.5) is 4.79 Å². The summed E-state index contributed by atoms with van der Waals surface area (Å²) in [6.45, 7) is -0.0556. The Labute approximate surface area is 227 Å². The van der Waals surface area contributed by atoms with E-state index in [-0.39, 0.29) is 19.8 Å². The molecule has 4 rings (SSSR count). The van der Waals surface area contributed by atoms with Crippen LogP contribution in [0.1, 0.15) is 28.3 Å². The fourth-order valence-electron chi connectivity index (χ4n) is 3.92. The molecule has 39 heavy (non-hydrogen) atoms. The van der Waals surface area contributed by atoms with Gasteiger partial charge in [0, 0.05) is 0 Å². The van der Waals surface area contributed by atoms with E-state index >= 15 is 0 Å². The van der Waals surface area contributed by atoms with E-state index in [2.05, 4.69) is 5.32 Å². The lowest BCUT2D eigenvalue weighted by Crippen LogP contribution is -2.42. The van der Waals surface area contributed by atoms with Crippen LogP contribution < -0.4 is 5.32 Å². The van der Waals surface area contributed by atoms with Gasteiger partial charge in [-0.1, -0.05) is 121 Å². The van der Waals surface area contributed by atoms with Crippen LogP contribution >= 0.6 is 0 Å². The molecule has 0 aliphatic carbocycles. The van der Waals surface area contributed by atoms with Crippen molar-refractivity contribution in [1.29, 1.82) is 0 Å². The van der Waals surface area contributed by atoms with Gasteiger partial charge in [-0.05, 0) is 22.3 Å². The minimum atomic E-state index is -1.48. The van der Waals surface area contributed by atoms with Gasteiger partial charge < -0.3 is 19.5 Å². The number of esters is 2. The van der Waals surface area contributed by atoms with Crippen LogP contribution in [0.5, 0.6) is 0 Å². The Morgan fingerprint density at radius 3 is 1.28 bits per heavy atom. The van der Waals surface area contributed by atoms with Crippen LogP contribution in [-0.4, -0.2) is 18.0 Å². The van der Waals surface area contributed by atoms with E-state index in [9.17, 15) is 14.4 Å². The molecule has 0 aliphatic heterocycles. The third-order valence-corrected chi connectivity index (χ3v) is 5.93. The molecule has 1 unspecified atom stereocenters. The predicted octanol–water partition coefficient (Wildman–Crippen LogP) is 5.76. The monoisotopic (exact) mass is 523 g/mol. The maximum atomic E-state index is 13.4. The number of carbonyl (C=O) groups is 3. The smallest absolute Gasteiger partial charge is 0.407 e. The quantitative estimate of drug-likeness (QED) is 0.153. The Morgan fingerprint density at radius 2 is 0.872 bits per heavy atom. The molecule has 0 heterocycles. The molecule has 0 saturated heterocycles. The summed E-state index contributed by atoms with van der Waals surface area (Å²) in [6, 6.07) is 35.1. The van der Waals surface area contributed by atoms with Crippen LogP contribution in [-0.2, 0) is 43.6 Å². The number of hydrogen-bond donors (Lipinski definition) is 1. The average Bonchev–Trinajstić information content (AvgIpc) is 2.99. The van der Waals surface area contributed by atoms with Crippen LogP contribution in [0.25, 0.3) is 0 Å². The summed E-state index contributed by atoms with van der Waals surface area (Å²) in [7, 11) is 0. The molecule has 0 fully saturated rings. The van der Waals surface area contributed by atoms with Crippen molar-refractivity contribution in [3.05, 3.63) is 144 Å². The van der Waals surface area contributed by atoms with Crippen molar-refractivity contribution in [2.45, 2.75) is 25.9 Å². The molecule has 1 N–H and O–H groups in total. The van der Waals surface area contributed by atoms with Gasteiger partial charge in [0.2, 0.25) is 0 Å². The van der Waals surface area contributed by atoms with E-state index in [1.54, 1.807) is 30.3 Å². The predicted molar refractivity (Wildman–Crippen MR) is 145 cm³/mol. The molecule has 0 spiro atoms.